The quantitative estimate of drug-likeness (QED) is 0.763. The molecule has 1 aliphatic rings. The van der Waals surface area contributed by atoms with Gasteiger partial charge < -0.3 is 15.8 Å². The summed E-state index contributed by atoms with van der Waals surface area (Å²) < 4.78 is 5.53. The molecule has 0 aliphatic carbocycles. The van der Waals surface area contributed by atoms with E-state index >= 15 is 0 Å². The lowest BCUT2D eigenvalue weighted by Gasteiger charge is -2.34. The van der Waals surface area contributed by atoms with Crippen molar-refractivity contribution in [2.45, 2.75) is 19.4 Å². The van der Waals surface area contributed by atoms with Crippen LogP contribution in [-0.4, -0.2) is 49.6 Å². The Morgan fingerprint density at radius 2 is 2.19 bits per heavy atom. The van der Waals surface area contributed by atoms with Crippen molar-refractivity contribution in [3.63, 3.8) is 0 Å². The van der Waals surface area contributed by atoms with Gasteiger partial charge in [-0.2, -0.15) is 0 Å². The average Bonchev–Trinajstić information content (AvgIpc) is 2.49. The van der Waals surface area contributed by atoms with Crippen molar-refractivity contribution < 1.29 is 9.53 Å². The molecule has 0 spiro atoms. The molecule has 0 aromatic heterocycles. The summed E-state index contributed by atoms with van der Waals surface area (Å²) in [6.07, 6.45) is 0.964. The van der Waals surface area contributed by atoms with Gasteiger partial charge >= 0.3 is 0 Å². The summed E-state index contributed by atoms with van der Waals surface area (Å²) >= 11 is 0. The summed E-state index contributed by atoms with van der Waals surface area (Å²) in [6.45, 7) is 5.40. The van der Waals surface area contributed by atoms with Gasteiger partial charge in [-0.1, -0.05) is 25.1 Å². The highest BCUT2D eigenvalue weighted by Crippen LogP contribution is 2.14. The predicted molar refractivity (Wildman–Crippen MR) is 83.1 cm³/mol. The number of likely N-dealkylation sites (tertiary alicyclic amines) is 1. The van der Waals surface area contributed by atoms with Crippen LogP contribution in [0.25, 0.3) is 0 Å². The average molecular weight is 291 g/mol. The molecule has 1 aromatic carbocycles. The van der Waals surface area contributed by atoms with Gasteiger partial charge in [-0.05, 0) is 24.5 Å². The summed E-state index contributed by atoms with van der Waals surface area (Å²) in [4.78, 5) is 14.0. The van der Waals surface area contributed by atoms with Gasteiger partial charge in [0.05, 0.1) is 13.1 Å². The Balaban J connectivity index is 1.59. The van der Waals surface area contributed by atoms with E-state index in [1.54, 1.807) is 0 Å². The molecule has 1 aliphatic heterocycles. The third-order valence-electron chi connectivity index (χ3n) is 3.86. The lowest BCUT2D eigenvalue weighted by Crippen LogP contribution is -2.49. The van der Waals surface area contributed by atoms with Crippen LogP contribution in [0.2, 0.25) is 0 Å². The third kappa shape index (κ3) is 5.36. The molecule has 2 rings (SSSR count). The van der Waals surface area contributed by atoms with Crippen molar-refractivity contribution in [1.29, 1.82) is 0 Å². The van der Waals surface area contributed by atoms with E-state index in [9.17, 15) is 4.79 Å². The monoisotopic (exact) mass is 291 g/mol. The Kier molecular flexibility index (Phi) is 6.02. The fourth-order valence-corrected chi connectivity index (χ4v) is 2.53. The first kappa shape index (κ1) is 15.8. The van der Waals surface area contributed by atoms with Gasteiger partial charge in [0.1, 0.15) is 12.4 Å². The molecule has 0 saturated carbocycles. The summed E-state index contributed by atoms with van der Waals surface area (Å²) in [7, 11) is 0. The Labute approximate surface area is 126 Å². The van der Waals surface area contributed by atoms with Crippen LogP contribution in [0.5, 0.6) is 5.75 Å². The summed E-state index contributed by atoms with van der Waals surface area (Å²) in [6, 6.07) is 9.87. The summed E-state index contributed by atoms with van der Waals surface area (Å²) in [5.74, 6) is 1.33. The summed E-state index contributed by atoms with van der Waals surface area (Å²) in [5.41, 5.74) is 5.98. The van der Waals surface area contributed by atoms with Gasteiger partial charge in [-0.25, -0.2) is 0 Å². The molecule has 1 heterocycles. The van der Waals surface area contributed by atoms with E-state index in [-0.39, 0.29) is 11.9 Å². The van der Waals surface area contributed by atoms with Crippen LogP contribution < -0.4 is 15.8 Å². The molecular formula is C16H25N3O2. The first-order valence-electron chi connectivity index (χ1n) is 7.57. The van der Waals surface area contributed by atoms with Gasteiger partial charge in [0.25, 0.3) is 0 Å². The van der Waals surface area contributed by atoms with Gasteiger partial charge in [0.2, 0.25) is 5.91 Å². The van der Waals surface area contributed by atoms with Crippen molar-refractivity contribution in [1.82, 2.24) is 10.2 Å². The molecule has 5 nitrogen and oxygen atoms in total. The largest absolute Gasteiger partial charge is 0.492 e. The molecule has 0 radical (unpaired) electrons. The minimum absolute atomic E-state index is 0.0503. The third-order valence-corrected chi connectivity index (χ3v) is 3.86. The number of piperidine rings is 1. The number of nitrogens with one attached hydrogen (secondary N) is 1. The Morgan fingerprint density at radius 1 is 1.43 bits per heavy atom. The lowest BCUT2D eigenvalue weighted by molar-refractivity contribution is -0.122. The number of nitrogens with two attached hydrogens (primary N) is 1. The van der Waals surface area contributed by atoms with Crippen LogP contribution in [-0.2, 0) is 4.79 Å². The maximum absolute atomic E-state index is 11.9. The highest BCUT2D eigenvalue weighted by Gasteiger charge is 2.24. The lowest BCUT2D eigenvalue weighted by atomic mass is 9.95. The van der Waals surface area contributed by atoms with E-state index in [4.69, 9.17) is 10.5 Å². The molecule has 0 bridgehead atoms. The number of amides is 1. The molecule has 2 unspecified atom stereocenters. The van der Waals surface area contributed by atoms with Crippen LogP contribution in [0.4, 0.5) is 0 Å². The van der Waals surface area contributed by atoms with E-state index in [1.165, 1.54) is 0 Å². The van der Waals surface area contributed by atoms with Crippen molar-refractivity contribution in [2.75, 3.05) is 32.8 Å². The number of hydrogen-bond acceptors (Lipinski definition) is 4. The number of hydrogen-bond donors (Lipinski definition) is 2. The molecule has 3 N–H and O–H groups in total. The van der Waals surface area contributed by atoms with Crippen LogP contribution in [0.1, 0.15) is 13.3 Å². The topological polar surface area (TPSA) is 67.6 Å². The fraction of sp³-hybridized carbons (Fsp3) is 0.562. The molecule has 21 heavy (non-hydrogen) atoms. The van der Waals surface area contributed by atoms with Crippen molar-refractivity contribution >= 4 is 5.91 Å². The predicted octanol–water partition coefficient (Wildman–Crippen LogP) is 0.851. The van der Waals surface area contributed by atoms with Gasteiger partial charge in [-0.3, -0.25) is 9.69 Å². The zero-order valence-corrected chi connectivity index (χ0v) is 12.6. The fourth-order valence-electron chi connectivity index (χ4n) is 2.53. The maximum atomic E-state index is 11.9. The van der Waals surface area contributed by atoms with Gasteiger partial charge in [0.15, 0.2) is 0 Å². The molecule has 1 amide bonds. The zero-order valence-electron chi connectivity index (χ0n) is 12.6. The number of carbonyl (C=O) groups excluding carboxylic acids is 1. The number of rotatable bonds is 6. The number of nitrogens with zero attached hydrogens (tertiary/aromatic N) is 1. The zero-order chi connectivity index (χ0) is 15.1. The molecule has 1 fully saturated rings. The second-order valence-corrected chi connectivity index (χ2v) is 5.68. The molecule has 2 atom stereocenters. The molecule has 1 aromatic rings. The molecule has 1 saturated heterocycles. The maximum Gasteiger partial charge on any atom is 0.234 e. The minimum atomic E-state index is 0.0503. The first-order chi connectivity index (χ1) is 10.1. The van der Waals surface area contributed by atoms with Crippen LogP contribution in [0.15, 0.2) is 30.3 Å². The number of ether oxygens (including phenoxy) is 1. The standard InChI is InChI=1S/C16H25N3O2/c1-13-11-19(9-7-15(13)17)12-16(20)18-8-10-21-14-5-3-2-4-6-14/h2-6,13,15H,7-12,17H2,1H3,(H,18,20). The second-order valence-electron chi connectivity index (χ2n) is 5.68. The minimum Gasteiger partial charge on any atom is -0.492 e. The van der Waals surface area contributed by atoms with E-state index in [1.807, 2.05) is 30.3 Å². The molecular weight excluding hydrogens is 266 g/mol. The smallest absolute Gasteiger partial charge is 0.234 e. The highest BCUT2D eigenvalue weighted by atomic mass is 16.5. The Hall–Kier alpha value is -1.59. The van der Waals surface area contributed by atoms with Crippen LogP contribution in [0, 0.1) is 5.92 Å². The van der Waals surface area contributed by atoms with Crippen LogP contribution >= 0.6 is 0 Å². The van der Waals surface area contributed by atoms with E-state index < -0.39 is 0 Å². The highest BCUT2D eigenvalue weighted by molar-refractivity contribution is 5.78. The van der Waals surface area contributed by atoms with Gasteiger partial charge in [-0.15, -0.1) is 0 Å². The van der Waals surface area contributed by atoms with Crippen molar-refractivity contribution in [3.8, 4) is 5.75 Å². The first-order valence-corrected chi connectivity index (χ1v) is 7.57. The van der Waals surface area contributed by atoms with Crippen molar-refractivity contribution in [2.24, 2.45) is 11.7 Å². The Bertz CT molecular complexity index is 438. The second kappa shape index (κ2) is 8.00. The summed E-state index contributed by atoms with van der Waals surface area (Å²) in [5, 5.41) is 2.89. The van der Waals surface area contributed by atoms with E-state index in [2.05, 4.69) is 17.1 Å². The normalized spacial score (nSPS) is 22.8. The number of benzene rings is 1. The number of carbonyl (C=O) groups is 1. The Morgan fingerprint density at radius 3 is 2.90 bits per heavy atom. The van der Waals surface area contributed by atoms with Crippen molar-refractivity contribution in [3.05, 3.63) is 30.3 Å². The van der Waals surface area contributed by atoms with E-state index in [0.717, 1.165) is 25.3 Å². The van der Waals surface area contributed by atoms with Gasteiger partial charge in [0, 0.05) is 19.1 Å². The molecule has 116 valence electrons. The van der Waals surface area contributed by atoms with E-state index in [0.29, 0.717) is 25.6 Å². The number of para-hydroxylation sites is 1. The molecule has 5 heteroatoms. The SMILES string of the molecule is CC1CN(CC(=O)NCCOc2ccccc2)CCC1N. The van der Waals surface area contributed by atoms with Crippen LogP contribution in [0.3, 0.4) is 0 Å².